The Hall–Kier alpha value is -0.0800. The Morgan fingerprint density at radius 3 is 2.46 bits per heavy atom. The van der Waals surface area contributed by atoms with Crippen molar-refractivity contribution in [2.75, 3.05) is 20.1 Å². The molecule has 1 unspecified atom stereocenters. The molecule has 2 nitrogen and oxygen atoms in total. The van der Waals surface area contributed by atoms with Crippen molar-refractivity contribution in [3.63, 3.8) is 0 Å². The quantitative estimate of drug-likeness (QED) is 0.698. The molecule has 1 saturated carbocycles. The molecule has 0 aromatic carbocycles. The zero-order chi connectivity index (χ0) is 9.10. The van der Waals surface area contributed by atoms with Gasteiger partial charge in [0, 0.05) is 12.1 Å². The highest BCUT2D eigenvalue weighted by Gasteiger charge is 2.26. The van der Waals surface area contributed by atoms with Crippen LogP contribution in [-0.4, -0.2) is 37.1 Å². The first-order chi connectivity index (χ1) is 6.40. The van der Waals surface area contributed by atoms with Crippen LogP contribution in [0.3, 0.4) is 0 Å². The van der Waals surface area contributed by atoms with Crippen LogP contribution in [0.4, 0.5) is 0 Å². The maximum absolute atomic E-state index is 3.41. The summed E-state index contributed by atoms with van der Waals surface area (Å²) < 4.78 is 0. The highest BCUT2D eigenvalue weighted by Crippen LogP contribution is 2.26. The summed E-state index contributed by atoms with van der Waals surface area (Å²) in [5.41, 5.74) is 0. The number of nitrogens with one attached hydrogen (secondary N) is 1. The molecular weight excluding hydrogens is 160 g/mol. The van der Waals surface area contributed by atoms with Gasteiger partial charge in [-0.25, -0.2) is 0 Å². The second-order valence-electron chi connectivity index (χ2n) is 4.54. The summed E-state index contributed by atoms with van der Waals surface area (Å²) in [5.74, 6) is 0. The zero-order valence-corrected chi connectivity index (χ0v) is 8.76. The largest absolute Gasteiger partial charge is 0.317 e. The summed E-state index contributed by atoms with van der Waals surface area (Å²) in [6, 6.07) is 1.74. The monoisotopic (exact) mass is 182 g/mol. The Kier molecular flexibility index (Phi) is 3.23. The molecule has 2 fully saturated rings. The van der Waals surface area contributed by atoms with Crippen molar-refractivity contribution in [1.82, 2.24) is 10.2 Å². The van der Waals surface area contributed by atoms with Crippen LogP contribution in [0.1, 0.15) is 38.5 Å². The van der Waals surface area contributed by atoms with Gasteiger partial charge < -0.3 is 10.2 Å². The van der Waals surface area contributed by atoms with E-state index in [0.29, 0.717) is 0 Å². The molecule has 1 saturated heterocycles. The van der Waals surface area contributed by atoms with Crippen molar-refractivity contribution in [3.8, 4) is 0 Å². The third-order valence-electron chi connectivity index (χ3n) is 3.76. The van der Waals surface area contributed by atoms with Gasteiger partial charge in [0.05, 0.1) is 0 Å². The molecule has 1 aliphatic carbocycles. The lowest BCUT2D eigenvalue weighted by molar-refractivity contribution is 0.131. The van der Waals surface area contributed by atoms with Crippen LogP contribution in [0.2, 0.25) is 0 Å². The maximum Gasteiger partial charge on any atom is 0.00952 e. The van der Waals surface area contributed by atoms with Crippen molar-refractivity contribution in [2.24, 2.45) is 0 Å². The summed E-state index contributed by atoms with van der Waals surface area (Å²) in [6.45, 7) is 2.68. The third-order valence-corrected chi connectivity index (χ3v) is 3.76. The third kappa shape index (κ3) is 2.23. The minimum Gasteiger partial charge on any atom is -0.317 e. The zero-order valence-electron chi connectivity index (χ0n) is 8.76. The van der Waals surface area contributed by atoms with Gasteiger partial charge in [-0.1, -0.05) is 6.42 Å². The van der Waals surface area contributed by atoms with Gasteiger partial charge in [-0.15, -0.1) is 0 Å². The van der Waals surface area contributed by atoms with Crippen LogP contribution >= 0.6 is 0 Å². The molecule has 13 heavy (non-hydrogen) atoms. The van der Waals surface area contributed by atoms with E-state index in [4.69, 9.17) is 0 Å². The molecule has 76 valence electrons. The summed E-state index contributed by atoms with van der Waals surface area (Å²) in [5, 5.41) is 3.41. The highest BCUT2D eigenvalue weighted by molar-refractivity contribution is 4.83. The van der Waals surface area contributed by atoms with E-state index in [0.717, 1.165) is 12.1 Å². The first kappa shape index (κ1) is 9.47. The standard InChI is InChI=1S/C11H22N2/c1-12-10-4-3-8-13(9-7-10)11-5-2-6-11/h10-12H,2-9H2,1H3. The summed E-state index contributed by atoms with van der Waals surface area (Å²) in [4.78, 5) is 2.72. The van der Waals surface area contributed by atoms with Gasteiger partial charge in [0.15, 0.2) is 0 Å². The average molecular weight is 182 g/mol. The van der Waals surface area contributed by atoms with Crippen LogP contribution < -0.4 is 5.32 Å². The Labute approximate surface area is 81.7 Å². The fraction of sp³-hybridized carbons (Fsp3) is 1.00. The fourth-order valence-corrected chi connectivity index (χ4v) is 2.52. The molecule has 2 heteroatoms. The van der Waals surface area contributed by atoms with E-state index in [9.17, 15) is 0 Å². The van der Waals surface area contributed by atoms with Crippen molar-refractivity contribution >= 4 is 0 Å². The minimum atomic E-state index is 0.782. The Morgan fingerprint density at radius 1 is 1.00 bits per heavy atom. The average Bonchev–Trinajstić information content (AvgIpc) is 2.27. The molecule has 1 heterocycles. The molecule has 0 bridgehead atoms. The lowest BCUT2D eigenvalue weighted by Gasteiger charge is -2.36. The van der Waals surface area contributed by atoms with Crippen LogP contribution in [-0.2, 0) is 0 Å². The second kappa shape index (κ2) is 4.43. The highest BCUT2D eigenvalue weighted by atomic mass is 15.2. The number of hydrogen-bond acceptors (Lipinski definition) is 2. The van der Waals surface area contributed by atoms with E-state index in [-0.39, 0.29) is 0 Å². The fourth-order valence-electron chi connectivity index (χ4n) is 2.52. The molecule has 0 amide bonds. The van der Waals surface area contributed by atoms with Crippen molar-refractivity contribution < 1.29 is 0 Å². The number of likely N-dealkylation sites (tertiary alicyclic amines) is 1. The van der Waals surface area contributed by atoms with E-state index < -0.39 is 0 Å². The second-order valence-corrected chi connectivity index (χ2v) is 4.54. The smallest absolute Gasteiger partial charge is 0.00952 e. The van der Waals surface area contributed by atoms with Gasteiger partial charge in [-0.05, 0) is 52.2 Å². The normalized spacial score (nSPS) is 32.5. The molecule has 0 aromatic rings. The van der Waals surface area contributed by atoms with Crippen LogP contribution in [0.25, 0.3) is 0 Å². The minimum absolute atomic E-state index is 0.782. The molecule has 1 aliphatic heterocycles. The summed E-state index contributed by atoms with van der Waals surface area (Å²) >= 11 is 0. The van der Waals surface area contributed by atoms with Crippen molar-refractivity contribution in [3.05, 3.63) is 0 Å². The van der Waals surface area contributed by atoms with Crippen molar-refractivity contribution in [2.45, 2.75) is 50.6 Å². The molecular formula is C11H22N2. The molecule has 1 N–H and O–H groups in total. The molecule has 0 aromatic heterocycles. The van der Waals surface area contributed by atoms with E-state index in [1.54, 1.807) is 0 Å². The van der Waals surface area contributed by atoms with Gasteiger partial charge in [-0.3, -0.25) is 0 Å². The van der Waals surface area contributed by atoms with Gasteiger partial charge in [-0.2, -0.15) is 0 Å². The number of hydrogen-bond donors (Lipinski definition) is 1. The predicted molar refractivity (Wildman–Crippen MR) is 55.9 cm³/mol. The van der Waals surface area contributed by atoms with E-state index in [2.05, 4.69) is 17.3 Å². The Bertz CT molecular complexity index is 154. The van der Waals surface area contributed by atoms with Gasteiger partial charge >= 0.3 is 0 Å². The first-order valence-electron chi connectivity index (χ1n) is 5.81. The van der Waals surface area contributed by atoms with Crippen molar-refractivity contribution in [1.29, 1.82) is 0 Å². The lowest BCUT2D eigenvalue weighted by Crippen LogP contribution is -2.41. The van der Waals surface area contributed by atoms with E-state index in [1.165, 1.54) is 51.6 Å². The maximum atomic E-state index is 3.41. The molecule has 1 atom stereocenters. The Balaban J connectivity index is 1.79. The Morgan fingerprint density at radius 2 is 1.85 bits per heavy atom. The predicted octanol–water partition coefficient (Wildman–Crippen LogP) is 1.61. The summed E-state index contributed by atoms with van der Waals surface area (Å²) in [7, 11) is 2.10. The topological polar surface area (TPSA) is 15.3 Å². The van der Waals surface area contributed by atoms with Gasteiger partial charge in [0.2, 0.25) is 0 Å². The molecule has 0 radical (unpaired) electrons. The molecule has 2 rings (SSSR count). The SMILES string of the molecule is CNC1CCCN(C2CCC2)CC1. The van der Waals surface area contributed by atoms with Crippen LogP contribution in [0.15, 0.2) is 0 Å². The molecule has 0 spiro atoms. The van der Waals surface area contributed by atoms with Crippen LogP contribution in [0, 0.1) is 0 Å². The first-order valence-corrected chi connectivity index (χ1v) is 5.81. The summed E-state index contributed by atoms with van der Waals surface area (Å²) in [6.07, 6.45) is 8.51. The number of nitrogens with zero attached hydrogens (tertiary/aromatic N) is 1. The number of rotatable bonds is 2. The van der Waals surface area contributed by atoms with Gasteiger partial charge in [0.1, 0.15) is 0 Å². The van der Waals surface area contributed by atoms with Gasteiger partial charge in [0.25, 0.3) is 0 Å². The van der Waals surface area contributed by atoms with E-state index >= 15 is 0 Å². The molecule has 2 aliphatic rings. The van der Waals surface area contributed by atoms with Crippen LogP contribution in [0.5, 0.6) is 0 Å². The lowest BCUT2D eigenvalue weighted by atomic mass is 9.91. The van der Waals surface area contributed by atoms with E-state index in [1.807, 2.05) is 0 Å².